The Morgan fingerprint density at radius 1 is 1.29 bits per heavy atom. The lowest BCUT2D eigenvalue weighted by molar-refractivity contribution is 0.389. The maximum absolute atomic E-state index is 6.26. The highest BCUT2D eigenvalue weighted by molar-refractivity contribution is 9.10. The topological polar surface area (TPSA) is 44.5 Å². The first-order chi connectivity index (χ1) is 8.19. The first-order valence-corrected chi connectivity index (χ1v) is 6.67. The molecule has 0 heterocycles. The summed E-state index contributed by atoms with van der Waals surface area (Å²) in [5.74, 6) is 1.76. The quantitative estimate of drug-likeness (QED) is 0.853. The van der Waals surface area contributed by atoms with Crippen LogP contribution in [0.15, 0.2) is 10.5 Å². The van der Waals surface area contributed by atoms with Crippen molar-refractivity contribution in [3.63, 3.8) is 0 Å². The average molecular weight is 300 g/mol. The number of nitrogens with two attached hydrogens (primary N) is 1. The van der Waals surface area contributed by atoms with E-state index in [4.69, 9.17) is 15.2 Å². The molecule has 2 rings (SSSR count). The molecule has 0 fully saturated rings. The van der Waals surface area contributed by atoms with E-state index in [1.165, 1.54) is 5.56 Å². The number of hydrogen-bond acceptors (Lipinski definition) is 3. The van der Waals surface area contributed by atoms with Crippen LogP contribution in [0.25, 0.3) is 0 Å². The van der Waals surface area contributed by atoms with E-state index in [9.17, 15) is 0 Å². The predicted octanol–water partition coefficient (Wildman–Crippen LogP) is 3.19. The number of methoxy groups -OCH3 is 2. The van der Waals surface area contributed by atoms with Crippen molar-refractivity contribution in [1.82, 2.24) is 0 Å². The van der Waals surface area contributed by atoms with Gasteiger partial charge in [-0.2, -0.15) is 0 Å². The summed E-state index contributed by atoms with van der Waals surface area (Å²) in [5.41, 5.74) is 8.57. The van der Waals surface area contributed by atoms with E-state index in [1.807, 2.05) is 6.07 Å². The number of halogens is 1. The zero-order chi connectivity index (χ0) is 12.4. The van der Waals surface area contributed by atoms with Crippen molar-refractivity contribution in [2.45, 2.75) is 31.7 Å². The Morgan fingerprint density at radius 3 is 2.71 bits per heavy atom. The second-order valence-corrected chi connectivity index (χ2v) is 5.19. The van der Waals surface area contributed by atoms with Gasteiger partial charge in [0.1, 0.15) is 11.5 Å². The molecular formula is C13H18BrNO2. The SMILES string of the molecule is COc1cc(Br)c(OC)c2c1CCCC[C@H]2N. The zero-order valence-corrected chi connectivity index (χ0v) is 11.8. The van der Waals surface area contributed by atoms with E-state index < -0.39 is 0 Å². The van der Waals surface area contributed by atoms with Gasteiger partial charge in [-0.15, -0.1) is 0 Å². The molecule has 2 N–H and O–H groups in total. The van der Waals surface area contributed by atoms with Crippen molar-refractivity contribution in [1.29, 1.82) is 0 Å². The van der Waals surface area contributed by atoms with E-state index in [2.05, 4.69) is 15.9 Å². The van der Waals surface area contributed by atoms with E-state index in [1.54, 1.807) is 14.2 Å². The van der Waals surface area contributed by atoms with Gasteiger partial charge in [-0.1, -0.05) is 6.42 Å². The van der Waals surface area contributed by atoms with Gasteiger partial charge in [0, 0.05) is 17.2 Å². The fraction of sp³-hybridized carbons (Fsp3) is 0.538. The smallest absolute Gasteiger partial charge is 0.138 e. The van der Waals surface area contributed by atoms with Crippen LogP contribution in [0.3, 0.4) is 0 Å². The highest BCUT2D eigenvalue weighted by Gasteiger charge is 2.24. The minimum absolute atomic E-state index is 0.0360. The van der Waals surface area contributed by atoms with Crippen molar-refractivity contribution in [2.24, 2.45) is 5.73 Å². The molecule has 1 aliphatic carbocycles. The van der Waals surface area contributed by atoms with E-state index in [0.717, 1.165) is 47.2 Å². The molecule has 1 atom stereocenters. The highest BCUT2D eigenvalue weighted by Crippen LogP contribution is 2.43. The molecule has 1 aliphatic rings. The number of hydrogen-bond donors (Lipinski definition) is 1. The Hall–Kier alpha value is -0.740. The normalized spacial score (nSPS) is 19.4. The number of fused-ring (bicyclic) bond motifs is 1. The molecule has 0 aromatic heterocycles. The monoisotopic (exact) mass is 299 g/mol. The second-order valence-electron chi connectivity index (χ2n) is 4.34. The molecule has 3 nitrogen and oxygen atoms in total. The molecule has 0 saturated heterocycles. The van der Waals surface area contributed by atoms with Gasteiger partial charge in [-0.25, -0.2) is 0 Å². The lowest BCUT2D eigenvalue weighted by Crippen LogP contribution is -2.13. The summed E-state index contributed by atoms with van der Waals surface area (Å²) < 4.78 is 11.9. The summed E-state index contributed by atoms with van der Waals surface area (Å²) in [5, 5.41) is 0. The van der Waals surface area contributed by atoms with Gasteiger partial charge >= 0.3 is 0 Å². The number of ether oxygens (including phenoxy) is 2. The Kier molecular flexibility index (Phi) is 3.94. The van der Waals surface area contributed by atoms with Crippen LogP contribution >= 0.6 is 15.9 Å². The molecule has 17 heavy (non-hydrogen) atoms. The molecule has 0 saturated carbocycles. The van der Waals surface area contributed by atoms with Crippen molar-refractivity contribution in [3.05, 3.63) is 21.7 Å². The Balaban J connectivity index is 2.65. The molecule has 94 valence electrons. The van der Waals surface area contributed by atoms with Gasteiger partial charge in [0.2, 0.25) is 0 Å². The third kappa shape index (κ3) is 2.29. The molecule has 0 bridgehead atoms. The number of benzene rings is 1. The first kappa shape index (κ1) is 12.7. The van der Waals surface area contributed by atoms with Crippen LogP contribution < -0.4 is 15.2 Å². The zero-order valence-electron chi connectivity index (χ0n) is 10.3. The van der Waals surface area contributed by atoms with Crippen LogP contribution in [0.4, 0.5) is 0 Å². The van der Waals surface area contributed by atoms with Crippen LogP contribution in [0.5, 0.6) is 11.5 Å². The van der Waals surface area contributed by atoms with Gasteiger partial charge in [0.15, 0.2) is 0 Å². The van der Waals surface area contributed by atoms with Gasteiger partial charge in [-0.05, 0) is 41.3 Å². The van der Waals surface area contributed by atoms with Gasteiger partial charge in [0.05, 0.1) is 18.7 Å². The van der Waals surface area contributed by atoms with E-state index in [-0.39, 0.29) is 6.04 Å². The highest BCUT2D eigenvalue weighted by atomic mass is 79.9. The molecule has 0 aliphatic heterocycles. The maximum Gasteiger partial charge on any atom is 0.138 e. The van der Waals surface area contributed by atoms with Crippen LogP contribution in [0.1, 0.15) is 36.4 Å². The fourth-order valence-corrected chi connectivity index (χ4v) is 3.10. The predicted molar refractivity (Wildman–Crippen MR) is 71.7 cm³/mol. The van der Waals surface area contributed by atoms with Crippen molar-refractivity contribution in [2.75, 3.05) is 14.2 Å². The second kappa shape index (κ2) is 5.27. The van der Waals surface area contributed by atoms with Crippen LogP contribution in [0, 0.1) is 0 Å². The lowest BCUT2D eigenvalue weighted by atomic mass is 9.97. The summed E-state index contributed by atoms with van der Waals surface area (Å²) in [6.07, 6.45) is 4.32. The molecule has 1 aromatic carbocycles. The van der Waals surface area contributed by atoms with Crippen molar-refractivity contribution < 1.29 is 9.47 Å². The molecule has 0 spiro atoms. The molecule has 0 unspecified atom stereocenters. The molecule has 0 amide bonds. The maximum atomic E-state index is 6.26. The standard InChI is InChI=1S/C13H18BrNO2/c1-16-11-7-9(14)13(17-2)12-8(11)5-3-4-6-10(12)15/h7,10H,3-6,15H2,1-2H3/t10-/m1/s1. The fourth-order valence-electron chi connectivity index (χ4n) is 2.52. The largest absolute Gasteiger partial charge is 0.496 e. The summed E-state index contributed by atoms with van der Waals surface area (Å²) in [7, 11) is 3.38. The van der Waals surface area contributed by atoms with E-state index >= 15 is 0 Å². The van der Waals surface area contributed by atoms with Crippen molar-refractivity contribution >= 4 is 15.9 Å². The minimum atomic E-state index is 0.0360. The van der Waals surface area contributed by atoms with Crippen LogP contribution in [-0.2, 0) is 6.42 Å². The van der Waals surface area contributed by atoms with Gasteiger partial charge < -0.3 is 15.2 Å². The molecule has 4 heteroatoms. The summed E-state index contributed by atoms with van der Waals surface area (Å²) >= 11 is 3.52. The Labute approximate surface area is 110 Å². The number of rotatable bonds is 2. The molecule has 0 radical (unpaired) electrons. The third-order valence-corrected chi connectivity index (χ3v) is 3.92. The van der Waals surface area contributed by atoms with Crippen LogP contribution in [-0.4, -0.2) is 14.2 Å². The first-order valence-electron chi connectivity index (χ1n) is 5.87. The molecule has 1 aromatic rings. The van der Waals surface area contributed by atoms with E-state index in [0.29, 0.717) is 0 Å². The van der Waals surface area contributed by atoms with Gasteiger partial charge in [-0.3, -0.25) is 0 Å². The molecular weight excluding hydrogens is 282 g/mol. The third-order valence-electron chi connectivity index (χ3n) is 3.33. The summed E-state index contributed by atoms with van der Waals surface area (Å²) in [6, 6.07) is 2.00. The Bertz CT molecular complexity index is 420. The summed E-state index contributed by atoms with van der Waals surface area (Å²) in [6.45, 7) is 0. The van der Waals surface area contributed by atoms with Crippen LogP contribution in [0.2, 0.25) is 0 Å². The average Bonchev–Trinajstić information content (AvgIpc) is 2.51. The van der Waals surface area contributed by atoms with Crippen molar-refractivity contribution in [3.8, 4) is 11.5 Å². The summed E-state index contributed by atoms with van der Waals surface area (Å²) in [4.78, 5) is 0. The Morgan fingerprint density at radius 2 is 2.06 bits per heavy atom. The minimum Gasteiger partial charge on any atom is -0.496 e. The lowest BCUT2D eigenvalue weighted by Gasteiger charge is -2.20. The van der Waals surface area contributed by atoms with Gasteiger partial charge in [0.25, 0.3) is 0 Å².